The third kappa shape index (κ3) is 7.29. The molecule has 2 aromatic carbocycles. The Bertz CT molecular complexity index is 1540. The fourth-order valence-corrected chi connectivity index (χ4v) is 6.27. The zero-order valence-electron chi connectivity index (χ0n) is 24.7. The molecule has 0 radical (unpaired) electrons. The highest BCUT2D eigenvalue weighted by Crippen LogP contribution is 2.45. The van der Waals surface area contributed by atoms with Crippen LogP contribution in [0.15, 0.2) is 58.5 Å². The topological polar surface area (TPSA) is 82.9 Å². The van der Waals surface area contributed by atoms with Gasteiger partial charge in [-0.3, -0.25) is 19.6 Å². The van der Waals surface area contributed by atoms with Crippen LogP contribution in [0.4, 0.5) is 13.2 Å². The fraction of sp³-hybridized carbons (Fsp3) is 0.375. The summed E-state index contributed by atoms with van der Waals surface area (Å²) in [6.45, 7) is 10.6. The van der Waals surface area contributed by atoms with Gasteiger partial charge in [-0.15, -0.1) is 12.8 Å². The molecule has 0 bridgehead atoms. The summed E-state index contributed by atoms with van der Waals surface area (Å²) in [6, 6.07) is 14.2. The van der Waals surface area contributed by atoms with E-state index >= 15 is 0 Å². The highest BCUT2D eigenvalue weighted by molar-refractivity contribution is 8.16. The second-order valence-electron chi connectivity index (χ2n) is 10.6. The molecule has 0 spiro atoms. The summed E-state index contributed by atoms with van der Waals surface area (Å²) in [5, 5.41) is 5.70. The lowest BCUT2D eigenvalue weighted by atomic mass is 9.96. The van der Waals surface area contributed by atoms with Gasteiger partial charge in [-0.2, -0.15) is 13.2 Å². The van der Waals surface area contributed by atoms with Gasteiger partial charge in [-0.05, 0) is 56.9 Å². The number of hydrogen-bond donors (Lipinski definition) is 2. The molecule has 0 saturated carbocycles. The van der Waals surface area contributed by atoms with Crippen molar-refractivity contribution in [1.82, 2.24) is 10.6 Å². The number of amides is 2. The number of benzene rings is 2. The number of amidine groups is 2. The van der Waals surface area contributed by atoms with Crippen molar-refractivity contribution in [2.45, 2.75) is 69.3 Å². The number of carbonyl (C=O) groups is 2. The lowest BCUT2D eigenvalue weighted by molar-refractivity contribution is -0.166. The number of carbonyl (C=O) groups excluding carboxylic acids is 2. The van der Waals surface area contributed by atoms with Crippen LogP contribution in [0, 0.1) is 30.6 Å². The SMILES string of the molecule is C#Cc1ccccc1[C@H](C)N=C1NC(=O)C(C)(C(C)C)S1.C#Cc1ccccc1[C@H](C)N=C1NC(=O)C(C)(C(F)(F)F)S1. The minimum atomic E-state index is -4.65. The Balaban J connectivity index is 0.000000236. The van der Waals surface area contributed by atoms with Crippen molar-refractivity contribution in [3.8, 4) is 24.7 Å². The summed E-state index contributed by atoms with van der Waals surface area (Å²) < 4.78 is 36.0. The van der Waals surface area contributed by atoms with E-state index in [-0.39, 0.29) is 23.0 Å². The zero-order chi connectivity index (χ0) is 32.2. The number of hydrogen-bond acceptors (Lipinski definition) is 6. The molecule has 4 rings (SSSR count). The van der Waals surface area contributed by atoms with Gasteiger partial charge in [0.25, 0.3) is 5.91 Å². The first kappa shape index (κ1) is 33.8. The molecule has 2 aromatic rings. The van der Waals surface area contributed by atoms with Crippen molar-refractivity contribution >= 4 is 45.7 Å². The quantitative estimate of drug-likeness (QED) is 0.365. The summed E-state index contributed by atoms with van der Waals surface area (Å²) in [4.78, 5) is 32.6. The lowest BCUT2D eigenvalue weighted by Crippen LogP contribution is -2.46. The molecule has 2 amide bonds. The van der Waals surface area contributed by atoms with Gasteiger partial charge in [-0.25, -0.2) is 0 Å². The van der Waals surface area contributed by atoms with Crippen LogP contribution in [0.3, 0.4) is 0 Å². The predicted molar refractivity (Wildman–Crippen MR) is 170 cm³/mol. The van der Waals surface area contributed by atoms with Gasteiger partial charge in [-0.1, -0.05) is 85.6 Å². The third-order valence-electron chi connectivity index (χ3n) is 7.33. The molecule has 2 aliphatic rings. The Morgan fingerprint density at radius 1 is 0.767 bits per heavy atom. The van der Waals surface area contributed by atoms with Gasteiger partial charge in [0.1, 0.15) is 4.75 Å². The molecule has 43 heavy (non-hydrogen) atoms. The molecule has 2 heterocycles. The van der Waals surface area contributed by atoms with Gasteiger partial charge in [0.15, 0.2) is 15.1 Å². The summed E-state index contributed by atoms with van der Waals surface area (Å²) in [5.41, 5.74) is 3.18. The van der Waals surface area contributed by atoms with E-state index in [9.17, 15) is 22.8 Å². The number of rotatable bonds is 5. The van der Waals surface area contributed by atoms with Gasteiger partial charge < -0.3 is 10.6 Å². The van der Waals surface area contributed by atoms with Crippen LogP contribution >= 0.6 is 23.5 Å². The maximum atomic E-state index is 13.0. The van der Waals surface area contributed by atoms with E-state index < -0.39 is 27.6 Å². The van der Waals surface area contributed by atoms with Gasteiger partial charge in [0.2, 0.25) is 5.91 Å². The van der Waals surface area contributed by atoms with Crippen LogP contribution in [-0.4, -0.2) is 37.8 Å². The number of terminal acetylenes is 2. The van der Waals surface area contributed by atoms with E-state index in [0.717, 1.165) is 18.1 Å². The maximum Gasteiger partial charge on any atom is 0.412 e. The van der Waals surface area contributed by atoms with E-state index in [1.54, 1.807) is 31.2 Å². The molecule has 2 N–H and O–H groups in total. The van der Waals surface area contributed by atoms with E-state index in [1.807, 2.05) is 52.0 Å². The molecule has 4 atom stereocenters. The van der Waals surface area contributed by atoms with Crippen molar-refractivity contribution in [2.75, 3.05) is 0 Å². The maximum absolute atomic E-state index is 13.0. The summed E-state index contributed by atoms with van der Waals surface area (Å²) in [5.74, 6) is 4.34. The molecule has 226 valence electrons. The van der Waals surface area contributed by atoms with Gasteiger partial charge in [0, 0.05) is 11.1 Å². The number of alkyl halides is 3. The Morgan fingerprint density at radius 3 is 1.56 bits per heavy atom. The highest BCUT2D eigenvalue weighted by Gasteiger charge is 2.61. The molecule has 0 aromatic heterocycles. The van der Waals surface area contributed by atoms with Crippen LogP contribution in [0.25, 0.3) is 0 Å². The Labute approximate surface area is 259 Å². The first-order valence-electron chi connectivity index (χ1n) is 13.4. The third-order valence-corrected chi connectivity index (χ3v) is 10.0. The average Bonchev–Trinajstić information content (AvgIpc) is 3.42. The van der Waals surface area contributed by atoms with E-state index in [0.29, 0.717) is 28.1 Å². The first-order chi connectivity index (χ1) is 20.1. The zero-order valence-corrected chi connectivity index (χ0v) is 26.3. The van der Waals surface area contributed by atoms with Crippen molar-refractivity contribution < 1.29 is 22.8 Å². The smallest absolute Gasteiger partial charge is 0.304 e. The second-order valence-corrected chi connectivity index (χ2v) is 13.4. The van der Waals surface area contributed by atoms with Crippen LogP contribution in [0.5, 0.6) is 0 Å². The Morgan fingerprint density at radius 2 is 1.19 bits per heavy atom. The number of halogens is 3. The van der Waals surface area contributed by atoms with Gasteiger partial charge in [0.05, 0.1) is 12.1 Å². The van der Waals surface area contributed by atoms with Crippen molar-refractivity contribution in [2.24, 2.45) is 15.9 Å². The van der Waals surface area contributed by atoms with Crippen LogP contribution in [0.1, 0.15) is 75.9 Å². The molecular formula is C32H33F3N4O2S2. The second kappa shape index (κ2) is 13.3. The molecular weight excluding hydrogens is 594 g/mol. The normalized spacial score (nSPS) is 24.9. The molecule has 11 heteroatoms. The van der Waals surface area contributed by atoms with E-state index in [1.165, 1.54) is 11.8 Å². The minimum Gasteiger partial charge on any atom is -0.304 e. The fourth-order valence-electron chi connectivity index (χ4n) is 4.14. The average molecular weight is 627 g/mol. The van der Waals surface area contributed by atoms with Crippen molar-refractivity contribution in [3.05, 3.63) is 70.8 Å². The standard InChI is InChI=1S/C17H20N2OS.C15H13F3N2OS/c1-6-13-9-7-8-10-14(13)12(4)18-16-19-15(20)17(5,21-16)11(2)3;1-4-10-7-5-6-8-11(10)9(2)19-13-20-12(21)14(3,22-13)15(16,17)18/h1,7-12H,2-5H3,(H,18,19,20);1,5-9H,2-3H3,(H,19,20,21)/t12-,17?;9-,14?/m00/s1. The van der Waals surface area contributed by atoms with Crippen molar-refractivity contribution in [3.63, 3.8) is 0 Å². The van der Waals surface area contributed by atoms with Crippen LogP contribution in [0.2, 0.25) is 0 Å². The Hall–Kier alpha value is -3.67. The minimum absolute atomic E-state index is 0.0266. The molecule has 2 saturated heterocycles. The molecule has 2 aliphatic heterocycles. The number of nitrogens with one attached hydrogen (secondary N) is 2. The van der Waals surface area contributed by atoms with Crippen LogP contribution < -0.4 is 10.6 Å². The van der Waals surface area contributed by atoms with Gasteiger partial charge >= 0.3 is 6.18 Å². The highest BCUT2D eigenvalue weighted by atomic mass is 32.2. The number of thioether (sulfide) groups is 2. The Kier molecular flexibility index (Phi) is 10.5. The van der Waals surface area contributed by atoms with Crippen molar-refractivity contribution in [1.29, 1.82) is 0 Å². The first-order valence-corrected chi connectivity index (χ1v) is 15.0. The van der Waals surface area contributed by atoms with E-state index in [4.69, 9.17) is 12.8 Å². The number of aliphatic imine (C=N–C) groups is 2. The summed E-state index contributed by atoms with van der Waals surface area (Å²) in [6.07, 6.45) is 6.27. The molecule has 2 unspecified atom stereocenters. The largest absolute Gasteiger partial charge is 0.412 e. The van der Waals surface area contributed by atoms with Crippen LogP contribution in [-0.2, 0) is 9.59 Å². The number of nitrogens with zero attached hydrogens (tertiary/aromatic N) is 2. The summed E-state index contributed by atoms with van der Waals surface area (Å²) in [7, 11) is 0. The molecule has 6 nitrogen and oxygen atoms in total. The molecule has 0 aliphatic carbocycles. The van der Waals surface area contributed by atoms with E-state index in [2.05, 4.69) is 32.5 Å². The lowest BCUT2D eigenvalue weighted by Gasteiger charge is -2.22. The predicted octanol–water partition coefficient (Wildman–Crippen LogP) is 6.63. The summed E-state index contributed by atoms with van der Waals surface area (Å²) >= 11 is 1.88. The monoisotopic (exact) mass is 626 g/mol. The molecule has 2 fully saturated rings.